The minimum absolute atomic E-state index is 0.265. The summed E-state index contributed by atoms with van der Waals surface area (Å²) in [7, 11) is 0. The van der Waals surface area contributed by atoms with Crippen LogP contribution in [0.1, 0.15) is 34.6 Å². The second kappa shape index (κ2) is 5.31. The predicted octanol–water partition coefficient (Wildman–Crippen LogP) is 2.25. The Labute approximate surface area is 113 Å². The van der Waals surface area contributed by atoms with Gasteiger partial charge >= 0.3 is 5.97 Å². The van der Waals surface area contributed by atoms with Gasteiger partial charge in [-0.3, -0.25) is 4.98 Å². The first-order valence-electron chi connectivity index (χ1n) is 6.43. The monoisotopic (exact) mass is 258 g/mol. The largest absolute Gasteiger partial charge is 0.478 e. The van der Waals surface area contributed by atoms with Crippen molar-refractivity contribution in [2.75, 3.05) is 18.0 Å². The average molecular weight is 258 g/mol. The van der Waals surface area contributed by atoms with Crippen LogP contribution in [0.15, 0.2) is 6.07 Å². The normalized spacial score (nSPS) is 13.9. The zero-order valence-electron chi connectivity index (χ0n) is 11.3. The molecule has 4 nitrogen and oxygen atoms in total. The highest BCUT2D eigenvalue weighted by Crippen LogP contribution is 2.33. The van der Waals surface area contributed by atoms with Crippen LogP contribution in [-0.2, 0) is 0 Å². The number of carbonyl (C=O) groups is 1. The van der Waals surface area contributed by atoms with Crippen LogP contribution < -0.4 is 4.90 Å². The Hall–Kier alpha value is -2.02. The van der Waals surface area contributed by atoms with Crippen molar-refractivity contribution in [2.45, 2.75) is 26.7 Å². The number of hydrogen-bond acceptors (Lipinski definition) is 3. The number of terminal acetylenes is 1. The molecule has 1 aliphatic rings. The van der Waals surface area contributed by atoms with E-state index in [0.717, 1.165) is 12.2 Å². The third kappa shape index (κ3) is 3.05. The van der Waals surface area contributed by atoms with E-state index in [9.17, 15) is 9.90 Å². The SMILES string of the molecule is C#CCN(CC1CC1)c1cc(C)nc(C)c1C(=O)O. The lowest BCUT2D eigenvalue weighted by Gasteiger charge is -2.25. The molecule has 0 amide bonds. The number of nitrogens with zero attached hydrogens (tertiary/aromatic N) is 2. The van der Waals surface area contributed by atoms with Crippen LogP contribution in [0.3, 0.4) is 0 Å². The van der Waals surface area contributed by atoms with E-state index in [1.165, 1.54) is 12.8 Å². The number of anilines is 1. The van der Waals surface area contributed by atoms with Gasteiger partial charge < -0.3 is 10.0 Å². The highest BCUT2D eigenvalue weighted by molar-refractivity contribution is 5.95. The summed E-state index contributed by atoms with van der Waals surface area (Å²) < 4.78 is 0. The van der Waals surface area contributed by atoms with Gasteiger partial charge in [0.25, 0.3) is 0 Å². The van der Waals surface area contributed by atoms with Crippen LogP contribution in [0, 0.1) is 32.1 Å². The molecule has 1 aromatic rings. The van der Waals surface area contributed by atoms with E-state index in [0.29, 0.717) is 23.8 Å². The standard InChI is InChI=1S/C15H18N2O2/c1-4-7-17(9-12-5-6-12)13-8-10(2)16-11(3)14(13)15(18)19/h1,8,12H,5-7,9H2,2-3H3,(H,18,19). The van der Waals surface area contributed by atoms with Crippen molar-refractivity contribution in [2.24, 2.45) is 5.92 Å². The molecule has 0 bridgehead atoms. The van der Waals surface area contributed by atoms with Crippen molar-refractivity contribution < 1.29 is 9.90 Å². The highest BCUT2D eigenvalue weighted by Gasteiger charge is 2.27. The molecule has 0 saturated heterocycles. The summed E-state index contributed by atoms with van der Waals surface area (Å²) in [5, 5.41) is 9.39. The van der Waals surface area contributed by atoms with Gasteiger partial charge in [0.05, 0.1) is 17.9 Å². The van der Waals surface area contributed by atoms with Gasteiger partial charge in [-0.25, -0.2) is 4.79 Å². The average Bonchev–Trinajstić information content (AvgIpc) is 3.10. The van der Waals surface area contributed by atoms with E-state index in [1.54, 1.807) is 6.92 Å². The predicted molar refractivity (Wildman–Crippen MR) is 74.4 cm³/mol. The van der Waals surface area contributed by atoms with E-state index in [-0.39, 0.29) is 5.56 Å². The Morgan fingerprint density at radius 3 is 2.79 bits per heavy atom. The Balaban J connectivity index is 2.44. The summed E-state index contributed by atoms with van der Waals surface area (Å²) in [6, 6.07) is 1.82. The zero-order chi connectivity index (χ0) is 14.0. The third-order valence-corrected chi connectivity index (χ3v) is 3.32. The second-order valence-corrected chi connectivity index (χ2v) is 5.08. The maximum absolute atomic E-state index is 11.4. The molecule has 1 N–H and O–H groups in total. The molecule has 0 unspecified atom stereocenters. The number of aromatic nitrogens is 1. The lowest BCUT2D eigenvalue weighted by Crippen LogP contribution is -2.28. The van der Waals surface area contributed by atoms with Crippen LogP contribution in [0.5, 0.6) is 0 Å². The molecule has 1 aromatic heterocycles. The molecule has 0 aromatic carbocycles. The Morgan fingerprint density at radius 2 is 2.26 bits per heavy atom. The Kier molecular flexibility index (Phi) is 3.75. The van der Waals surface area contributed by atoms with Crippen LogP contribution in [-0.4, -0.2) is 29.1 Å². The molecule has 19 heavy (non-hydrogen) atoms. The minimum Gasteiger partial charge on any atom is -0.478 e. The van der Waals surface area contributed by atoms with E-state index >= 15 is 0 Å². The molecule has 0 spiro atoms. The molecule has 0 radical (unpaired) electrons. The molecule has 1 aliphatic carbocycles. The number of pyridine rings is 1. The zero-order valence-corrected chi connectivity index (χ0v) is 11.3. The van der Waals surface area contributed by atoms with Gasteiger partial charge in [0.1, 0.15) is 5.56 Å². The Morgan fingerprint density at radius 1 is 1.58 bits per heavy atom. The van der Waals surface area contributed by atoms with Gasteiger partial charge in [0.2, 0.25) is 0 Å². The fourth-order valence-electron chi connectivity index (χ4n) is 2.29. The molecular weight excluding hydrogens is 240 g/mol. The molecule has 1 fully saturated rings. The van der Waals surface area contributed by atoms with Crippen molar-refractivity contribution in [1.82, 2.24) is 4.98 Å². The van der Waals surface area contributed by atoms with Crippen LogP contribution in [0.25, 0.3) is 0 Å². The topological polar surface area (TPSA) is 53.4 Å². The molecule has 100 valence electrons. The molecule has 0 atom stereocenters. The maximum atomic E-state index is 11.4. The van der Waals surface area contributed by atoms with Crippen molar-refractivity contribution in [1.29, 1.82) is 0 Å². The molecule has 2 rings (SSSR count). The number of carboxylic acids is 1. The van der Waals surface area contributed by atoms with E-state index in [4.69, 9.17) is 6.42 Å². The van der Waals surface area contributed by atoms with Gasteiger partial charge in [0.15, 0.2) is 0 Å². The highest BCUT2D eigenvalue weighted by atomic mass is 16.4. The lowest BCUT2D eigenvalue weighted by atomic mass is 10.1. The van der Waals surface area contributed by atoms with E-state index in [1.807, 2.05) is 17.9 Å². The van der Waals surface area contributed by atoms with Gasteiger partial charge in [-0.15, -0.1) is 6.42 Å². The third-order valence-electron chi connectivity index (χ3n) is 3.32. The summed E-state index contributed by atoms with van der Waals surface area (Å²) >= 11 is 0. The van der Waals surface area contributed by atoms with Crippen molar-refractivity contribution in [3.8, 4) is 12.3 Å². The Bertz CT molecular complexity index is 542. The molecular formula is C15H18N2O2. The lowest BCUT2D eigenvalue weighted by molar-refractivity contribution is 0.0696. The molecule has 4 heteroatoms. The number of carboxylic acid groups (broad SMARTS) is 1. The van der Waals surface area contributed by atoms with E-state index < -0.39 is 5.97 Å². The van der Waals surface area contributed by atoms with Crippen molar-refractivity contribution in [3.05, 3.63) is 23.0 Å². The second-order valence-electron chi connectivity index (χ2n) is 5.08. The summed E-state index contributed by atoms with van der Waals surface area (Å²) in [5.74, 6) is 2.31. The molecule has 1 heterocycles. The van der Waals surface area contributed by atoms with Gasteiger partial charge in [-0.05, 0) is 38.7 Å². The summed E-state index contributed by atoms with van der Waals surface area (Å²) in [4.78, 5) is 17.7. The first-order chi connectivity index (χ1) is 9.02. The first kappa shape index (κ1) is 13.4. The number of aromatic carboxylic acids is 1. The van der Waals surface area contributed by atoms with Gasteiger partial charge in [-0.2, -0.15) is 0 Å². The fraction of sp³-hybridized carbons (Fsp3) is 0.467. The quantitative estimate of drug-likeness (QED) is 0.823. The van der Waals surface area contributed by atoms with Crippen LogP contribution in [0.4, 0.5) is 5.69 Å². The van der Waals surface area contributed by atoms with Gasteiger partial charge in [-0.1, -0.05) is 5.92 Å². The number of aryl methyl sites for hydroxylation is 2. The molecule has 0 aliphatic heterocycles. The fourth-order valence-corrected chi connectivity index (χ4v) is 2.29. The minimum atomic E-state index is -0.946. The maximum Gasteiger partial charge on any atom is 0.339 e. The van der Waals surface area contributed by atoms with Crippen LogP contribution >= 0.6 is 0 Å². The first-order valence-corrected chi connectivity index (χ1v) is 6.43. The summed E-state index contributed by atoms with van der Waals surface area (Å²) in [6.07, 6.45) is 7.81. The van der Waals surface area contributed by atoms with Crippen molar-refractivity contribution >= 4 is 11.7 Å². The number of hydrogen-bond donors (Lipinski definition) is 1. The number of rotatable bonds is 5. The van der Waals surface area contributed by atoms with Gasteiger partial charge in [0, 0.05) is 12.2 Å². The smallest absolute Gasteiger partial charge is 0.339 e. The summed E-state index contributed by atoms with van der Waals surface area (Å²) in [5.41, 5.74) is 2.32. The van der Waals surface area contributed by atoms with E-state index in [2.05, 4.69) is 10.9 Å². The van der Waals surface area contributed by atoms with Crippen molar-refractivity contribution in [3.63, 3.8) is 0 Å². The summed E-state index contributed by atoms with van der Waals surface area (Å²) in [6.45, 7) is 4.85. The van der Waals surface area contributed by atoms with Crippen LogP contribution in [0.2, 0.25) is 0 Å². The molecule has 1 saturated carbocycles.